The third kappa shape index (κ3) is 2.12. The lowest BCUT2D eigenvalue weighted by molar-refractivity contribution is 0.771. The van der Waals surface area contributed by atoms with Crippen LogP contribution in [0.1, 0.15) is 35.1 Å². The van der Waals surface area contributed by atoms with Crippen molar-refractivity contribution in [3.63, 3.8) is 0 Å². The lowest BCUT2D eigenvalue weighted by Gasteiger charge is -2.04. The number of aromatic nitrogens is 1. The molecule has 1 aliphatic rings. The van der Waals surface area contributed by atoms with Crippen LogP contribution in [0.25, 0.3) is 0 Å². The Hall–Kier alpha value is -0.0600. The van der Waals surface area contributed by atoms with Gasteiger partial charge in [0.05, 0.1) is 5.01 Å². The Bertz CT molecular complexity index is 292. The second-order valence-corrected chi connectivity index (χ2v) is 6.04. The first-order valence-electron chi connectivity index (χ1n) is 5.04. The largest absolute Gasteiger partial charge is 0.330 e. The van der Waals surface area contributed by atoms with Crippen LogP contribution in [0, 0.1) is 0 Å². The first-order chi connectivity index (χ1) is 6.81. The monoisotopic (exact) mass is 228 g/mol. The Morgan fingerprint density at radius 3 is 3.21 bits per heavy atom. The molecule has 2 N–H and O–H groups in total. The molecule has 2 rings (SSSR count). The fourth-order valence-electron chi connectivity index (χ4n) is 1.56. The topological polar surface area (TPSA) is 38.9 Å². The number of thioether (sulfide) groups is 1. The van der Waals surface area contributed by atoms with Gasteiger partial charge in [0.2, 0.25) is 0 Å². The number of hydrogen-bond donors (Lipinski definition) is 1. The van der Waals surface area contributed by atoms with Gasteiger partial charge in [-0.2, -0.15) is 11.8 Å². The summed E-state index contributed by atoms with van der Waals surface area (Å²) in [4.78, 5) is 5.86. The fraction of sp³-hybridized carbons (Fsp3) is 0.700. The Labute approximate surface area is 93.3 Å². The lowest BCUT2D eigenvalue weighted by atomic mass is 10.1. The average Bonchev–Trinajstić information content (AvgIpc) is 2.86. The molecular formula is C10H16N2S2. The summed E-state index contributed by atoms with van der Waals surface area (Å²) in [5.74, 6) is 3.73. The van der Waals surface area contributed by atoms with Crippen LogP contribution in [0.3, 0.4) is 0 Å². The van der Waals surface area contributed by atoms with E-state index in [1.807, 2.05) is 29.3 Å². The van der Waals surface area contributed by atoms with Crippen molar-refractivity contribution >= 4 is 23.1 Å². The van der Waals surface area contributed by atoms with Crippen LogP contribution in [0.5, 0.6) is 0 Å². The minimum atomic E-state index is 0.468. The van der Waals surface area contributed by atoms with Gasteiger partial charge in [0.15, 0.2) is 0 Å². The van der Waals surface area contributed by atoms with Gasteiger partial charge in [-0.3, -0.25) is 0 Å². The van der Waals surface area contributed by atoms with E-state index in [0.29, 0.717) is 11.8 Å². The van der Waals surface area contributed by atoms with Crippen LogP contribution in [0.4, 0.5) is 0 Å². The minimum absolute atomic E-state index is 0.468. The molecule has 1 fully saturated rings. The van der Waals surface area contributed by atoms with E-state index in [-0.39, 0.29) is 0 Å². The predicted molar refractivity (Wildman–Crippen MR) is 64.3 cm³/mol. The number of rotatable bonds is 3. The Morgan fingerprint density at radius 1 is 1.71 bits per heavy atom. The van der Waals surface area contributed by atoms with Crippen molar-refractivity contribution in [2.45, 2.75) is 25.2 Å². The van der Waals surface area contributed by atoms with Gasteiger partial charge >= 0.3 is 0 Å². The molecule has 14 heavy (non-hydrogen) atoms. The van der Waals surface area contributed by atoms with Crippen molar-refractivity contribution in [3.05, 3.63) is 16.1 Å². The minimum Gasteiger partial charge on any atom is -0.330 e. The zero-order valence-corrected chi connectivity index (χ0v) is 10.0. The standard InChI is InChI=1S/C10H16N2S2/c1-7(4-11)9-5-12-10(14-9)8-2-3-13-6-8/h5,7-8H,2-4,6,11H2,1H3. The maximum atomic E-state index is 5.64. The summed E-state index contributed by atoms with van der Waals surface area (Å²) in [6.07, 6.45) is 3.31. The van der Waals surface area contributed by atoms with Gasteiger partial charge < -0.3 is 5.73 Å². The molecular weight excluding hydrogens is 212 g/mol. The highest BCUT2D eigenvalue weighted by Crippen LogP contribution is 2.35. The summed E-state index contributed by atoms with van der Waals surface area (Å²) >= 11 is 3.90. The SMILES string of the molecule is CC(CN)c1cnc(C2CCSC2)s1. The van der Waals surface area contributed by atoms with E-state index in [0.717, 1.165) is 6.54 Å². The molecule has 0 spiro atoms. The first-order valence-corrected chi connectivity index (χ1v) is 7.01. The molecule has 1 aromatic rings. The van der Waals surface area contributed by atoms with E-state index >= 15 is 0 Å². The van der Waals surface area contributed by atoms with Crippen molar-refractivity contribution in [2.75, 3.05) is 18.1 Å². The zero-order chi connectivity index (χ0) is 9.97. The number of hydrogen-bond acceptors (Lipinski definition) is 4. The summed E-state index contributed by atoms with van der Waals surface area (Å²) in [5.41, 5.74) is 5.64. The van der Waals surface area contributed by atoms with Crippen molar-refractivity contribution in [3.8, 4) is 0 Å². The van der Waals surface area contributed by atoms with Crippen molar-refractivity contribution in [1.82, 2.24) is 4.98 Å². The van der Waals surface area contributed by atoms with Gasteiger partial charge in [-0.05, 0) is 18.7 Å². The van der Waals surface area contributed by atoms with Gasteiger partial charge in [-0.1, -0.05) is 6.92 Å². The fourth-order valence-corrected chi connectivity index (χ4v) is 4.01. The molecule has 78 valence electrons. The first kappa shape index (κ1) is 10.5. The third-order valence-electron chi connectivity index (χ3n) is 2.66. The maximum absolute atomic E-state index is 5.64. The van der Waals surface area contributed by atoms with E-state index in [9.17, 15) is 0 Å². The quantitative estimate of drug-likeness (QED) is 0.863. The van der Waals surface area contributed by atoms with Crippen LogP contribution in [-0.4, -0.2) is 23.0 Å². The molecule has 2 atom stereocenters. The van der Waals surface area contributed by atoms with E-state index in [1.165, 1.54) is 27.8 Å². The summed E-state index contributed by atoms with van der Waals surface area (Å²) in [5, 5.41) is 1.32. The van der Waals surface area contributed by atoms with Gasteiger partial charge in [0, 0.05) is 28.7 Å². The van der Waals surface area contributed by atoms with Crippen LogP contribution in [-0.2, 0) is 0 Å². The number of thiazole rings is 1. The van der Waals surface area contributed by atoms with E-state index < -0.39 is 0 Å². The van der Waals surface area contributed by atoms with Crippen LogP contribution in [0.15, 0.2) is 6.20 Å². The van der Waals surface area contributed by atoms with Gasteiger partial charge in [0.25, 0.3) is 0 Å². The number of nitrogens with zero attached hydrogens (tertiary/aromatic N) is 1. The molecule has 2 unspecified atom stereocenters. The average molecular weight is 228 g/mol. The molecule has 0 bridgehead atoms. The highest BCUT2D eigenvalue weighted by molar-refractivity contribution is 7.99. The summed E-state index contributed by atoms with van der Waals surface area (Å²) < 4.78 is 0. The molecule has 0 saturated carbocycles. The van der Waals surface area contributed by atoms with E-state index in [2.05, 4.69) is 11.9 Å². The Morgan fingerprint density at radius 2 is 2.57 bits per heavy atom. The van der Waals surface area contributed by atoms with Crippen molar-refractivity contribution in [2.24, 2.45) is 5.73 Å². The Balaban J connectivity index is 2.08. The molecule has 2 heterocycles. The molecule has 1 aromatic heterocycles. The third-order valence-corrected chi connectivity index (χ3v) is 5.21. The lowest BCUT2D eigenvalue weighted by Crippen LogP contribution is -2.07. The molecule has 1 aliphatic heterocycles. The molecule has 0 aromatic carbocycles. The van der Waals surface area contributed by atoms with E-state index in [1.54, 1.807) is 0 Å². The van der Waals surface area contributed by atoms with Crippen molar-refractivity contribution in [1.29, 1.82) is 0 Å². The molecule has 2 nitrogen and oxygen atoms in total. The predicted octanol–water partition coefficient (Wildman–Crippen LogP) is 2.43. The molecule has 4 heteroatoms. The maximum Gasteiger partial charge on any atom is 0.0967 e. The summed E-state index contributed by atoms with van der Waals surface area (Å²) in [6, 6.07) is 0. The Kier molecular flexibility index (Phi) is 3.47. The summed E-state index contributed by atoms with van der Waals surface area (Å²) in [6.45, 7) is 2.89. The highest BCUT2D eigenvalue weighted by Gasteiger charge is 2.21. The second-order valence-electron chi connectivity index (χ2n) is 3.80. The summed E-state index contributed by atoms with van der Waals surface area (Å²) in [7, 11) is 0. The normalized spacial score (nSPS) is 24.0. The highest BCUT2D eigenvalue weighted by atomic mass is 32.2. The van der Waals surface area contributed by atoms with Gasteiger partial charge in [-0.25, -0.2) is 4.98 Å². The van der Waals surface area contributed by atoms with Gasteiger partial charge in [-0.15, -0.1) is 11.3 Å². The second kappa shape index (κ2) is 4.64. The van der Waals surface area contributed by atoms with Gasteiger partial charge in [0.1, 0.15) is 0 Å². The van der Waals surface area contributed by atoms with Crippen LogP contribution < -0.4 is 5.73 Å². The van der Waals surface area contributed by atoms with Crippen LogP contribution >= 0.6 is 23.1 Å². The molecule has 0 amide bonds. The molecule has 0 radical (unpaired) electrons. The van der Waals surface area contributed by atoms with E-state index in [4.69, 9.17) is 5.73 Å². The van der Waals surface area contributed by atoms with Crippen LogP contribution in [0.2, 0.25) is 0 Å². The smallest absolute Gasteiger partial charge is 0.0967 e. The number of nitrogens with two attached hydrogens (primary N) is 1. The molecule has 0 aliphatic carbocycles. The van der Waals surface area contributed by atoms with Crippen molar-refractivity contribution < 1.29 is 0 Å². The molecule has 1 saturated heterocycles. The zero-order valence-electron chi connectivity index (χ0n) is 8.40.